The molecule has 4 aromatic rings. The van der Waals surface area contributed by atoms with Gasteiger partial charge in [0.05, 0.1) is 23.1 Å². The molecular weight excluding hydrogens is 587 g/mol. The number of benzene rings is 3. The molecule has 0 aliphatic carbocycles. The van der Waals surface area contributed by atoms with E-state index >= 15 is 0 Å². The highest BCUT2D eigenvalue weighted by atomic mass is 35.5. The molecule has 0 saturated carbocycles. The van der Waals surface area contributed by atoms with Gasteiger partial charge in [-0.05, 0) is 99.9 Å². The average Bonchev–Trinajstić information content (AvgIpc) is 2.98. The molecule has 3 aromatic carbocycles. The number of rotatable bonds is 8. The molecular formula is C32H29ClF3NO6. The van der Waals surface area contributed by atoms with Crippen LogP contribution in [0.2, 0.25) is 5.02 Å². The van der Waals surface area contributed by atoms with Crippen molar-refractivity contribution in [2.75, 3.05) is 19.7 Å². The number of alkyl halides is 3. The van der Waals surface area contributed by atoms with Crippen molar-refractivity contribution in [2.24, 2.45) is 0 Å². The fraction of sp³-hybridized carbons (Fsp3) is 0.312. The van der Waals surface area contributed by atoms with E-state index in [2.05, 4.69) is 0 Å². The first-order chi connectivity index (χ1) is 20.5. The van der Waals surface area contributed by atoms with E-state index in [1.807, 2.05) is 11.8 Å². The first-order valence-corrected chi connectivity index (χ1v) is 14.2. The Morgan fingerprint density at radius 2 is 1.70 bits per heavy atom. The summed E-state index contributed by atoms with van der Waals surface area (Å²) in [7, 11) is 0. The van der Waals surface area contributed by atoms with Crippen molar-refractivity contribution in [3.63, 3.8) is 0 Å². The van der Waals surface area contributed by atoms with E-state index in [-0.39, 0.29) is 40.1 Å². The molecule has 0 bridgehead atoms. The third-order valence-electron chi connectivity index (χ3n) is 7.12. The maximum Gasteiger partial charge on any atom is 0.453 e. The number of carbonyl (C=O) groups excluding carboxylic acids is 1. The van der Waals surface area contributed by atoms with Crippen molar-refractivity contribution < 1.29 is 36.6 Å². The molecule has 1 saturated heterocycles. The van der Waals surface area contributed by atoms with Gasteiger partial charge in [0.1, 0.15) is 22.8 Å². The topological polar surface area (TPSA) is 78.2 Å². The SMILES string of the molecule is CCOc1ccc(C(=O)Oc2ccc3c(=O)c(Oc4ccc(Cl)c(C)c4)c(C(F)(F)F)oc3c2CN2CCCCC2)cc1. The Kier molecular flexibility index (Phi) is 8.98. The molecule has 7 nitrogen and oxygen atoms in total. The molecule has 0 N–H and O–H groups in total. The van der Waals surface area contributed by atoms with Gasteiger partial charge in [0.15, 0.2) is 0 Å². The van der Waals surface area contributed by atoms with Crippen LogP contribution in [0.25, 0.3) is 11.0 Å². The largest absolute Gasteiger partial charge is 0.494 e. The number of nitrogens with zero attached hydrogens (tertiary/aromatic N) is 1. The zero-order chi connectivity index (χ0) is 30.7. The van der Waals surface area contributed by atoms with Crippen molar-refractivity contribution in [3.05, 3.63) is 92.3 Å². The van der Waals surface area contributed by atoms with E-state index in [0.717, 1.165) is 19.3 Å². The molecule has 0 atom stereocenters. The van der Waals surface area contributed by atoms with Gasteiger partial charge in [-0.1, -0.05) is 18.0 Å². The van der Waals surface area contributed by atoms with Gasteiger partial charge < -0.3 is 18.6 Å². The van der Waals surface area contributed by atoms with Crippen LogP contribution in [-0.4, -0.2) is 30.6 Å². The first kappa shape index (κ1) is 30.4. The van der Waals surface area contributed by atoms with Gasteiger partial charge in [-0.25, -0.2) is 4.79 Å². The van der Waals surface area contributed by atoms with Crippen LogP contribution in [0.4, 0.5) is 13.2 Å². The molecule has 0 unspecified atom stereocenters. The predicted octanol–water partition coefficient (Wildman–Crippen LogP) is 8.17. The zero-order valence-corrected chi connectivity index (χ0v) is 24.3. The number of esters is 1. The van der Waals surface area contributed by atoms with E-state index in [9.17, 15) is 22.8 Å². The standard InChI is InChI=1S/C32H29ClF3NO6/c1-3-40-21-9-7-20(8-10-21)31(39)42-26-14-12-23-27(38)29(41-22-11-13-25(33)19(2)17-22)30(32(34,35)36)43-28(23)24(26)18-37-15-5-4-6-16-37/h7-14,17H,3-6,15-16,18H2,1-2H3. The van der Waals surface area contributed by atoms with E-state index < -0.39 is 29.1 Å². The Labute approximate surface area is 250 Å². The Morgan fingerprint density at radius 1 is 1.00 bits per heavy atom. The quantitative estimate of drug-likeness (QED) is 0.146. The van der Waals surface area contributed by atoms with Crippen LogP contribution in [0, 0.1) is 6.92 Å². The van der Waals surface area contributed by atoms with E-state index in [1.54, 1.807) is 19.1 Å². The summed E-state index contributed by atoms with van der Waals surface area (Å²) in [6, 6.07) is 13.2. The fourth-order valence-electron chi connectivity index (χ4n) is 4.96. The number of hydrogen-bond acceptors (Lipinski definition) is 7. The van der Waals surface area contributed by atoms with Gasteiger partial charge in [0.25, 0.3) is 5.76 Å². The number of aryl methyl sites for hydroxylation is 1. The maximum atomic E-state index is 14.4. The second-order valence-electron chi connectivity index (χ2n) is 10.2. The molecule has 1 aliphatic rings. The molecule has 226 valence electrons. The van der Waals surface area contributed by atoms with E-state index in [4.69, 9.17) is 30.2 Å². The third-order valence-corrected chi connectivity index (χ3v) is 7.54. The zero-order valence-electron chi connectivity index (χ0n) is 23.6. The van der Waals surface area contributed by atoms with Gasteiger partial charge in [-0.15, -0.1) is 0 Å². The van der Waals surface area contributed by atoms with Gasteiger partial charge >= 0.3 is 12.1 Å². The average molecular weight is 616 g/mol. The van der Waals surface area contributed by atoms with Crippen LogP contribution in [0.3, 0.4) is 0 Å². The number of hydrogen-bond donors (Lipinski definition) is 0. The Balaban J connectivity index is 1.62. The first-order valence-electron chi connectivity index (χ1n) is 13.9. The highest BCUT2D eigenvalue weighted by molar-refractivity contribution is 6.31. The van der Waals surface area contributed by atoms with Crippen molar-refractivity contribution in [1.29, 1.82) is 0 Å². The van der Waals surface area contributed by atoms with Gasteiger partial charge in [-0.2, -0.15) is 13.2 Å². The number of ether oxygens (including phenoxy) is 3. The molecule has 1 aromatic heterocycles. The van der Waals surface area contributed by atoms with Crippen molar-refractivity contribution >= 4 is 28.5 Å². The Morgan fingerprint density at radius 3 is 2.35 bits per heavy atom. The van der Waals surface area contributed by atoms with Crippen LogP contribution in [0.1, 0.15) is 53.4 Å². The summed E-state index contributed by atoms with van der Waals surface area (Å²) in [4.78, 5) is 28.7. The van der Waals surface area contributed by atoms with Crippen LogP contribution in [0.5, 0.6) is 23.0 Å². The molecule has 5 rings (SSSR count). The smallest absolute Gasteiger partial charge is 0.453 e. The van der Waals surface area contributed by atoms with E-state index in [0.29, 0.717) is 36.0 Å². The maximum absolute atomic E-state index is 14.4. The van der Waals surface area contributed by atoms with Crippen molar-refractivity contribution in [2.45, 2.75) is 45.8 Å². The van der Waals surface area contributed by atoms with Crippen molar-refractivity contribution in [1.82, 2.24) is 4.90 Å². The van der Waals surface area contributed by atoms with Gasteiger partial charge in [0.2, 0.25) is 11.2 Å². The van der Waals surface area contributed by atoms with Crippen LogP contribution < -0.4 is 19.6 Å². The summed E-state index contributed by atoms with van der Waals surface area (Å²) >= 11 is 6.04. The number of piperidine rings is 1. The summed E-state index contributed by atoms with van der Waals surface area (Å²) < 4.78 is 65.2. The molecule has 1 fully saturated rings. The minimum Gasteiger partial charge on any atom is -0.494 e. The van der Waals surface area contributed by atoms with E-state index in [1.165, 1.54) is 42.5 Å². The predicted molar refractivity (Wildman–Crippen MR) is 155 cm³/mol. The molecule has 2 heterocycles. The summed E-state index contributed by atoms with van der Waals surface area (Å²) in [5.74, 6) is -2.75. The molecule has 11 heteroatoms. The second kappa shape index (κ2) is 12.7. The lowest BCUT2D eigenvalue weighted by Crippen LogP contribution is -2.29. The van der Waals surface area contributed by atoms with Crippen LogP contribution in [-0.2, 0) is 12.7 Å². The fourth-order valence-corrected chi connectivity index (χ4v) is 5.07. The van der Waals surface area contributed by atoms with Crippen LogP contribution in [0.15, 0.2) is 63.8 Å². The normalized spacial score (nSPS) is 14.1. The van der Waals surface area contributed by atoms with Crippen LogP contribution >= 0.6 is 11.6 Å². The second-order valence-corrected chi connectivity index (χ2v) is 10.6. The monoisotopic (exact) mass is 615 g/mol. The third kappa shape index (κ3) is 6.81. The van der Waals surface area contributed by atoms with Gasteiger partial charge in [0, 0.05) is 11.6 Å². The minimum atomic E-state index is -5.07. The lowest BCUT2D eigenvalue weighted by molar-refractivity contribution is -0.154. The minimum absolute atomic E-state index is 0.00442. The molecule has 0 radical (unpaired) electrons. The number of likely N-dealkylation sites (tertiary alicyclic amines) is 1. The summed E-state index contributed by atoms with van der Waals surface area (Å²) in [6.45, 7) is 5.44. The Hall–Kier alpha value is -4.02. The number of carbonyl (C=O) groups is 1. The number of fused-ring (bicyclic) bond motifs is 1. The molecule has 0 spiro atoms. The number of halogens is 4. The molecule has 43 heavy (non-hydrogen) atoms. The Bertz CT molecular complexity index is 1700. The summed E-state index contributed by atoms with van der Waals surface area (Å²) in [5.41, 5.74) is -0.396. The lowest BCUT2D eigenvalue weighted by atomic mass is 10.1. The summed E-state index contributed by atoms with van der Waals surface area (Å²) in [5, 5.41) is 0.255. The highest BCUT2D eigenvalue weighted by Crippen LogP contribution is 2.41. The van der Waals surface area contributed by atoms with Crippen molar-refractivity contribution in [3.8, 4) is 23.0 Å². The van der Waals surface area contributed by atoms with Gasteiger partial charge in [-0.3, -0.25) is 9.69 Å². The molecule has 1 aliphatic heterocycles. The highest BCUT2D eigenvalue weighted by Gasteiger charge is 2.41. The lowest BCUT2D eigenvalue weighted by Gasteiger charge is -2.27. The summed E-state index contributed by atoms with van der Waals surface area (Å²) in [6.07, 6.45) is -2.23. The molecule has 0 amide bonds.